The molecule has 2 aliphatic rings. The number of nitrogens with zero attached hydrogens (tertiary/aromatic N) is 2. The number of aliphatic hydroxyl groups is 2. The molecule has 0 unspecified atom stereocenters. The summed E-state index contributed by atoms with van der Waals surface area (Å²) >= 11 is 1.75. The zero-order valence-corrected chi connectivity index (χ0v) is 24.6. The van der Waals surface area contributed by atoms with Crippen molar-refractivity contribution in [3.8, 4) is 0 Å². The zero-order valence-electron chi connectivity index (χ0n) is 23.8. The number of allylic oxidation sites excluding steroid dienone is 5. The van der Waals surface area contributed by atoms with E-state index in [4.69, 9.17) is 10.1 Å². The lowest BCUT2D eigenvalue weighted by Gasteiger charge is -2.43. The Hall–Kier alpha value is -1.47. The van der Waals surface area contributed by atoms with Crippen molar-refractivity contribution in [2.75, 3.05) is 37.7 Å². The standard InChI is InChI=1S/C31H51N3O2S/c1-25-10-11-26(12-14-29(2,3)15-16-30(25,4)5)27-24-37-28(33-27)34-20-17-31(18-21-34,13-9-23-36)32-19-7-6-8-22-35/h10-12,24,32,35-36H,1,6-9,13-23H2,2-5H3/b11-10-,26-12+. The predicted octanol–water partition coefficient (Wildman–Crippen LogP) is 6.74. The van der Waals surface area contributed by atoms with Gasteiger partial charge in [0.15, 0.2) is 5.13 Å². The van der Waals surface area contributed by atoms with E-state index in [2.05, 4.69) is 68.1 Å². The Balaban J connectivity index is 1.68. The van der Waals surface area contributed by atoms with Gasteiger partial charge >= 0.3 is 0 Å². The maximum atomic E-state index is 9.47. The molecular weight excluding hydrogens is 478 g/mol. The van der Waals surface area contributed by atoms with Gasteiger partial charge in [-0.05, 0) is 92.7 Å². The highest BCUT2D eigenvalue weighted by atomic mass is 32.1. The van der Waals surface area contributed by atoms with Gasteiger partial charge in [0.25, 0.3) is 0 Å². The molecule has 0 aromatic carbocycles. The average Bonchev–Trinajstić information content (AvgIpc) is 3.36. The molecule has 1 fully saturated rings. The number of nitrogens with one attached hydrogen (secondary N) is 1. The van der Waals surface area contributed by atoms with Crippen LogP contribution in [0.1, 0.15) is 97.6 Å². The van der Waals surface area contributed by atoms with E-state index >= 15 is 0 Å². The molecule has 0 radical (unpaired) electrons. The highest BCUT2D eigenvalue weighted by molar-refractivity contribution is 7.13. The Morgan fingerprint density at radius 2 is 1.70 bits per heavy atom. The van der Waals surface area contributed by atoms with Crippen molar-refractivity contribution in [3.05, 3.63) is 41.5 Å². The third kappa shape index (κ3) is 8.77. The van der Waals surface area contributed by atoms with Crippen LogP contribution < -0.4 is 10.2 Å². The van der Waals surface area contributed by atoms with Gasteiger partial charge in [-0.1, -0.05) is 52.5 Å². The van der Waals surface area contributed by atoms with Crippen LogP contribution in [0.3, 0.4) is 0 Å². The van der Waals surface area contributed by atoms with Crippen LogP contribution in [0.2, 0.25) is 0 Å². The fourth-order valence-corrected chi connectivity index (χ4v) is 6.23. The van der Waals surface area contributed by atoms with E-state index in [1.807, 2.05) is 0 Å². The van der Waals surface area contributed by atoms with Crippen molar-refractivity contribution in [3.63, 3.8) is 0 Å². The molecule has 0 saturated carbocycles. The van der Waals surface area contributed by atoms with Crippen LogP contribution in [0.5, 0.6) is 0 Å². The molecule has 0 bridgehead atoms. The number of piperidine rings is 1. The largest absolute Gasteiger partial charge is 0.396 e. The third-order valence-corrected chi connectivity index (χ3v) is 9.46. The van der Waals surface area contributed by atoms with Crippen molar-refractivity contribution in [1.29, 1.82) is 0 Å². The minimum Gasteiger partial charge on any atom is -0.396 e. The first kappa shape index (κ1) is 30.1. The summed E-state index contributed by atoms with van der Waals surface area (Å²) in [5, 5.41) is 25.7. The van der Waals surface area contributed by atoms with Crippen LogP contribution in [0, 0.1) is 10.8 Å². The molecule has 1 aromatic rings. The highest BCUT2D eigenvalue weighted by Gasteiger charge is 2.34. The number of rotatable bonds is 11. The summed E-state index contributed by atoms with van der Waals surface area (Å²) in [6.07, 6.45) is 17.2. The third-order valence-electron chi connectivity index (χ3n) is 8.56. The quantitative estimate of drug-likeness (QED) is 0.277. The molecule has 1 aromatic heterocycles. The van der Waals surface area contributed by atoms with Gasteiger partial charge in [0.05, 0.1) is 5.69 Å². The first-order valence-electron chi connectivity index (χ1n) is 14.4. The second kappa shape index (κ2) is 13.5. The minimum absolute atomic E-state index is 0.0961. The van der Waals surface area contributed by atoms with Gasteiger partial charge in [0, 0.05) is 37.2 Å². The summed E-state index contributed by atoms with van der Waals surface area (Å²) in [5.74, 6) is 0. The number of aliphatic hydroxyl groups excluding tert-OH is 2. The summed E-state index contributed by atoms with van der Waals surface area (Å²) in [5.41, 5.74) is 3.91. The second-order valence-corrected chi connectivity index (χ2v) is 13.4. The molecule has 1 saturated heterocycles. The van der Waals surface area contributed by atoms with Gasteiger partial charge in [0.1, 0.15) is 0 Å². The van der Waals surface area contributed by atoms with Crippen molar-refractivity contribution in [2.24, 2.45) is 10.8 Å². The SMILES string of the molecule is C=C1/C=C\C(c2csc(N3CCC(CCCO)(NCCCCCO)CC3)n2)=C/CC(C)(C)CCC1(C)C. The van der Waals surface area contributed by atoms with Crippen LogP contribution in [0.15, 0.2) is 35.8 Å². The van der Waals surface area contributed by atoms with E-state index in [1.165, 1.54) is 17.6 Å². The van der Waals surface area contributed by atoms with Crippen LogP contribution >= 0.6 is 11.3 Å². The number of thiazole rings is 1. The molecule has 208 valence electrons. The Morgan fingerprint density at radius 1 is 0.973 bits per heavy atom. The van der Waals surface area contributed by atoms with E-state index in [-0.39, 0.29) is 29.6 Å². The van der Waals surface area contributed by atoms with Gasteiger partial charge in [-0.2, -0.15) is 0 Å². The van der Waals surface area contributed by atoms with Crippen LogP contribution in [-0.2, 0) is 0 Å². The van der Waals surface area contributed by atoms with Gasteiger partial charge in [-0.3, -0.25) is 0 Å². The molecule has 3 rings (SSSR count). The fourth-order valence-electron chi connectivity index (χ4n) is 5.34. The van der Waals surface area contributed by atoms with E-state index in [0.29, 0.717) is 0 Å². The first-order chi connectivity index (χ1) is 17.6. The number of unbranched alkanes of at least 4 members (excludes halogenated alkanes) is 2. The maximum absolute atomic E-state index is 9.47. The van der Waals surface area contributed by atoms with Crippen LogP contribution in [-0.4, -0.2) is 53.6 Å². The average molecular weight is 530 g/mol. The van der Waals surface area contributed by atoms with E-state index in [0.717, 1.165) is 88.2 Å². The smallest absolute Gasteiger partial charge is 0.185 e. The molecular formula is C31H51N3O2S. The lowest BCUT2D eigenvalue weighted by molar-refractivity contribution is 0.204. The molecule has 0 spiro atoms. The van der Waals surface area contributed by atoms with E-state index in [1.54, 1.807) is 11.3 Å². The van der Waals surface area contributed by atoms with Gasteiger partial charge in [0.2, 0.25) is 0 Å². The molecule has 1 aliphatic heterocycles. The van der Waals surface area contributed by atoms with Crippen LogP contribution in [0.4, 0.5) is 5.13 Å². The molecule has 0 atom stereocenters. The van der Waals surface area contributed by atoms with Crippen molar-refractivity contribution < 1.29 is 10.2 Å². The summed E-state index contributed by atoms with van der Waals surface area (Å²) < 4.78 is 0. The topological polar surface area (TPSA) is 68.6 Å². The fraction of sp³-hybridized carbons (Fsp3) is 0.710. The summed E-state index contributed by atoms with van der Waals surface area (Å²) in [6.45, 7) is 17.2. The molecule has 1 aliphatic carbocycles. The number of anilines is 1. The Labute approximate surface area is 229 Å². The van der Waals surface area contributed by atoms with Crippen molar-refractivity contribution in [1.82, 2.24) is 10.3 Å². The molecule has 37 heavy (non-hydrogen) atoms. The Bertz CT molecular complexity index is 923. The lowest BCUT2D eigenvalue weighted by atomic mass is 9.73. The summed E-state index contributed by atoms with van der Waals surface area (Å²) in [7, 11) is 0. The Kier molecular flexibility index (Phi) is 11.0. The second-order valence-electron chi connectivity index (χ2n) is 12.6. The van der Waals surface area contributed by atoms with Crippen molar-refractivity contribution in [2.45, 2.75) is 97.4 Å². The molecule has 6 heteroatoms. The monoisotopic (exact) mass is 529 g/mol. The van der Waals surface area contributed by atoms with Crippen molar-refractivity contribution >= 4 is 22.0 Å². The lowest BCUT2D eigenvalue weighted by Crippen LogP contribution is -2.53. The Morgan fingerprint density at radius 3 is 2.41 bits per heavy atom. The predicted molar refractivity (Wildman–Crippen MR) is 159 cm³/mol. The number of hydrogen-bond acceptors (Lipinski definition) is 6. The van der Waals surface area contributed by atoms with Crippen LogP contribution in [0.25, 0.3) is 5.57 Å². The molecule has 0 amide bonds. The first-order valence-corrected chi connectivity index (χ1v) is 15.2. The maximum Gasteiger partial charge on any atom is 0.185 e. The number of aromatic nitrogens is 1. The van der Waals surface area contributed by atoms with Gasteiger partial charge < -0.3 is 20.4 Å². The molecule has 3 N–H and O–H groups in total. The summed E-state index contributed by atoms with van der Waals surface area (Å²) in [4.78, 5) is 7.55. The highest BCUT2D eigenvalue weighted by Crippen LogP contribution is 2.40. The van der Waals surface area contributed by atoms with Gasteiger partial charge in [-0.15, -0.1) is 11.3 Å². The zero-order chi connectivity index (χ0) is 26.9. The number of hydrogen-bond donors (Lipinski definition) is 3. The molecule has 2 heterocycles. The van der Waals surface area contributed by atoms with E-state index in [9.17, 15) is 5.11 Å². The molecule has 5 nitrogen and oxygen atoms in total. The minimum atomic E-state index is 0.0961. The normalized spacial score (nSPS) is 23.9. The van der Waals surface area contributed by atoms with Gasteiger partial charge in [-0.25, -0.2) is 4.98 Å². The van der Waals surface area contributed by atoms with E-state index < -0.39 is 0 Å². The summed E-state index contributed by atoms with van der Waals surface area (Å²) in [6, 6.07) is 0.